The average molecular weight is 321 g/mol. The number of allylic oxidation sites excluding steroid dienone is 4. The molecule has 1 heteroatoms. The van der Waals surface area contributed by atoms with E-state index >= 15 is 0 Å². The van der Waals surface area contributed by atoms with Crippen LogP contribution < -0.4 is 0 Å². The molecule has 0 heterocycles. The van der Waals surface area contributed by atoms with Gasteiger partial charge in [-0.1, -0.05) is 77.2 Å². The van der Waals surface area contributed by atoms with Crippen LogP contribution in [0.5, 0.6) is 0 Å². The lowest BCUT2D eigenvalue weighted by atomic mass is 9.93. The third-order valence-electron chi connectivity index (χ3n) is 4.24. The first kappa shape index (κ1) is 22.1. The summed E-state index contributed by atoms with van der Waals surface area (Å²) in [5, 5.41) is 0. The van der Waals surface area contributed by atoms with Gasteiger partial charge in [0.05, 0.1) is 0 Å². The normalized spacial score (nSPS) is 13.4. The molecule has 0 bridgehead atoms. The van der Waals surface area contributed by atoms with Crippen molar-refractivity contribution in [2.75, 3.05) is 0 Å². The lowest BCUT2D eigenvalue weighted by Gasteiger charge is -2.12. The summed E-state index contributed by atoms with van der Waals surface area (Å²) < 4.78 is 0. The number of rotatable bonds is 16. The second kappa shape index (κ2) is 17.5. The number of carbonyl (C=O) groups excluding carboxylic acids is 1. The van der Waals surface area contributed by atoms with Crippen LogP contribution in [0.2, 0.25) is 0 Å². The summed E-state index contributed by atoms with van der Waals surface area (Å²) in [6.45, 7) is 6.64. The Kier molecular flexibility index (Phi) is 16.9. The molecule has 0 spiro atoms. The summed E-state index contributed by atoms with van der Waals surface area (Å²) in [4.78, 5) is 11.0. The van der Waals surface area contributed by atoms with Crippen molar-refractivity contribution in [1.82, 2.24) is 0 Å². The van der Waals surface area contributed by atoms with E-state index in [1.807, 2.05) is 0 Å². The maximum Gasteiger partial charge on any atom is 0.123 e. The van der Waals surface area contributed by atoms with Gasteiger partial charge in [0.25, 0.3) is 0 Å². The van der Waals surface area contributed by atoms with Crippen LogP contribution in [0.15, 0.2) is 24.3 Å². The first-order valence-electron chi connectivity index (χ1n) is 9.96. The van der Waals surface area contributed by atoms with E-state index in [0.717, 1.165) is 19.3 Å². The Morgan fingerprint density at radius 3 is 1.96 bits per heavy atom. The van der Waals surface area contributed by atoms with Gasteiger partial charge in [-0.2, -0.15) is 0 Å². The predicted octanol–water partition coefficient (Wildman–Crippen LogP) is 7.27. The lowest BCUT2D eigenvalue weighted by molar-refractivity contribution is -0.111. The van der Waals surface area contributed by atoms with Gasteiger partial charge in [-0.15, -0.1) is 0 Å². The maximum atomic E-state index is 11.0. The molecule has 0 aromatic heterocycles. The Morgan fingerprint density at radius 1 is 0.783 bits per heavy atom. The molecule has 0 aromatic rings. The van der Waals surface area contributed by atoms with Gasteiger partial charge in [0.1, 0.15) is 6.29 Å². The zero-order valence-electron chi connectivity index (χ0n) is 15.9. The Labute approximate surface area is 145 Å². The highest BCUT2D eigenvalue weighted by molar-refractivity contribution is 5.53. The molecular formula is C22H40O. The highest BCUT2D eigenvalue weighted by Crippen LogP contribution is 2.17. The molecule has 0 saturated heterocycles. The summed E-state index contributed by atoms with van der Waals surface area (Å²) in [5.41, 5.74) is 0. The second-order valence-corrected chi connectivity index (χ2v) is 7.19. The van der Waals surface area contributed by atoms with Gasteiger partial charge in [0, 0.05) is 5.92 Å². The first-order valence-corrected chi connectivity index (χ1v) is 9.96. The molecule has 0 fully saturated rings. The van der Waals surface area contributed by atoms with Gasteiger partial charge >= 0.3 is 0 Å². The molecular weight excluding hydrogens is 280 g/mol. The van der Waals surface area contributed by atoms with Gasteiger partial charge in [0.15, 0.2) is 0 Å². The van der Waals surface area contributed by atoms with Gasteiger partial charge < -0.3 is 4.79 Å². The molecule has 0 aromatic carbocycles. The minimum absolute atomic E-state index is 0.291. The van der Waals surface area contributed by atoms with Gasteiger partial charge in [-0.25, -0.2) is 0 Å². The van der Waals surface area contributed by atoms with Gasteiger partial charge in [-0.05, 0) is 50.9 Å². The summed E-state index contributed by atoms with van der Waals surface area (Å²) in [5.74, 6) is 0.926. The van der Waals surface area contributed by atoms with Crippen molar-refractivity contribution in [3.8, 4) is 0 Å². The smallest absolute Gasteiger partial charge is 0.123 e. The molecule has 0 N–H and O–H groups in total. The van der Waals surface area contributed by atoms with Gasteiger partial charge in [-0.3, -0.25) is 0 Å². The van der Waals surface area contributed by atoms with Crippen molar-refractivity contribution in [2.24, 2.45) is 11.8 Å². The van der Waals surface area contributed by atoms with E-state index in [0.29, 0.717) is 11.8 Å². The first-order chi connectivity index (χ1) is 11.2. The van der Waals surface area contributed by atoms with Crippen LogP contribution >= 0.6 is 0 Å². The molecule has 0 saturated carbocycles. The third-order valence-corrected chi connectivity index (χ3v) is 4.24. The van der Waals surface area contributed by atoms with E-state index in [-0.39, 0.29) is 0 Å². The number of carbonyl (C=O) groups is 1. The van der Waals surface area contributed by atoms with Crippen molar-refractivity contribution in [2.45, 2.75) is 97.8 Å². The Hall–Kier alpha value is -0.850. The number of aldehydes is 1. The summed E-state index contributed by atoms with van der Waals surface area (Å²) >= 11 is 0. The van der Waals surface area contributed by atoms with Crippen molar-refractivity contribution in [3.05, 3.63) is 24.3 Å². The fourth-order valence-electron chi connectivity index (χ4n) is 2.89. The van der Waals surface area contributed by atoms with Crippen LogP contribution in [-0.2, 0) is 4.79 Å². The SMILES string of the molecule is CCCCC/C=C\C/C=C\CCCCCCC(C=O)CC(C)C. The van der Waals surface area contributed by atoms with Crippen LogP contribution in [0.4, 0.5) is 0 Å². The third kappa shape index (κ3) is 17.3. The molecule has 0 aliphatic carbocycles. The molecule has 0 amide bonds. The highest BCUT2D eigenvalue weighted by atomic mass is 16.1. The van der Waals surface area contributed by atoms with Crippen LogP contribution in [0.1, 0.15) is 97.8 Å². The summed E-state index contributed by atoms with van der Waals surface area (Å²) in [7, 11) is 0. The zero-order chi connectivity index (χ0) is 17.2. The average Bonchev–Trinajstić information content (AvgIpc) is 2.53. The van der Waals surface area contributed by atoms with Crippen LogP contribution in [0.25, 0.3) is 0 Å². The topological polar surface area (TPSA) is 17.1 Å². The van der Waals surface area contributed by atoms with Crippen LogP contribution in [0.3, 0.4) is 0 Å². The minimum atomic E-state index is 0.291. The molecule has 134 valence electrons. The molecule has 1 nitrogen and oxygen atoms in total. The Bertz CT molecular complexity index is 301. The van der Waals surface area contributed by atoms with E-state index < -0.39 is 0 Å². The van der Waals surface area contributed by atoms with Crippen LogP contribution in [0, 0.1) is 11.8 Å². The molecule has 0 radical (unpaired) electrons. The number of hydrogen-bond acceptors (Lipinski definition) is 1. The largest absolute Gasteiger partial charge is 0.303 e. The minimum Gasteiger partial charge on any atom is -0.303 e. The van der Waals surface area contributed by atoms with E-state index in [1.54, 1.807) is 0 Å². The fraction of sp³-hybridized carbons (Fsp3) is 0.773. The Morgan fingerprint density at radius 2 is 1.39 bits per heavy atom. The molecule has 0 rings (SSSR count). The lowest BCUT2D eigenvalue weighted by Crippen LogP contribution is -2.05. The molecule has 1 atom stereocenters. The quantitative estimate of drug-likeness (QED) is 0.166. The zero-order valence-corrected chi connectivity index (χ0v) is 15.9. The predicted molar refractivity (Wildman–Crippen MR) is 104 cm³/mol. The molecule has 0 aliphatic heterocycles. The summed E-state index contributed by atoms with van der Waals surface area (Å²) in [6.07, 6.45) is 25.1. The van der Waals surface area contributed by atoms with Crippen LogP contribution in [-0.4, -0.2) is 6.29 Å². The van der Waals surface area contributed by atoms with E-state index in [1.165, 1.54) is 64.1 Å². The molecule has 1 unspecified atom stereocenters. The number of hydrogen-bond donors (Lipinski definition) is 0. The van der Waals surface area contributed by atoms with Gasteiger partial charge in [0.2, 0.25) is 0 Å². The monoisotopic (exact) mass is 320 g/mol. The van der Waals surface area contributed by atoms with E-state index in [4.69, 9.17) is 0 Å². The van der Waals surface area contributed by atoms with Crippen molar-refractivity contribution < 1.29 is 4.79 Å². The molecule has 0 aliphatic rings. The number of unbranched alkanes of at least 4 members (excludes halogenated alkanes) is 7. The standard InChI is InChI=1S/C22H40O/c1-4-5-6-7-8-9-10-11-12-13-14-15-16-17-18-22(20-23)19-21(2)3/h8-9,11-12,20-22H,4-7,10,13-19H2,1-3H3/b9-8-,12-11-. The van der Waals surface area contributed by atoms with E-state index in [9.17, 15) is 4.79 Å². The van der Waals surface area contributed by atoms with Crippen molar-refractivity contribution >= 4 is 6.29 Å². The maximum absolute atomic E-state index is 11.0. The fourth-order valence-corrected chi connectivity index (χ4v) is 2.89. The van der Waals surface area contributed by atoms with Crippen molar-refractivity contribution in [3.63, 3.8) is 0 Å². The van der Waals surface area contributed by atoms with E-state index in [2.05, 4.69) is 45.1 Å². The second-order valence-electron chi connectivity index (χ2n) is 7.19. The summed E-state index contributed by atoms with van der Waals surface area (Å²) in [6, 6.07) is 0. The highest BCUT2D eigenvalue weighted by Gasteiger charge is 2.08. The Balaban J connectivity index is 3.38. The molecule has 23 heavy (non-hydrogen) atoms. The van der Waals surface area contributed by atoms with Crippen molar-refractivity contribution in [1.29, 1.82) is 0 Å².